The van der Waals surface area contributed by atoms with Crippen molar-refractivity contribution >= 4 is 27.3 Å². The number of carbonyl (C=O) groups excluding carboxylic acids is 1. The molecule has 2 rings (SSSR count). The second-order valence-corrected chi connectivity index (χ2v) is 4.57. The van der Waals surface area contributed by atoms with Gasteiger partial charge in [-0.05, 0) is 6.07 Å². The van der Waals surface area contributed by atoms with Crippen LogP contribution in [-0.2, 0) is 0 Å². The zero-order valence-corrected chi connectivity index (χ0v) is 9.96. The van der Waals surface area contributed by atoms with E-state index in [1.807, 2.05) is 29.6 Å². The quantitative estimate of drug-likeness (QED) is 0.882. The standard InChI is InChI=1S/C12H14N2OS/c1-14(7-6-13)12(15)10-8-16-11-5-3-2-4-9(10)11/h2-5,8H,6-7,13H2,1H3. The lowest BCUT2D eigenvalue weighted by Gasteiger charge is -2.15. The summed E-state index contributed by atoms with van der Waals surface area (Å²) in [6.45, 7) is 1.08. The molecule has 0 aliphatic rings. The zero-order chi connectivity index (χ0) is 11.5. The largest absolute Gasteiger partial charge is 0.340 e. The Labute approximate surface area is 98.5 Å². The molecule has 1 aromatic carbocycles. The summed E-state index contributed by atoms with van der Waals surface area (Å²) in [6, 6.07) is 7.94. The third-order valence-electron chi connectivity index (χ3n) is 2.52. The number of fused-ring (bicyclic) bond motifs is 1. The molecule has 0 radical (unpaired) electrons. The van der Waals surface area contributed by atoms with Crippen molar-refractivity contribution in [2.75, 3.05) is 20.1 Å². The van der Waals surface area contributed by atoms with Gasteiger partial charge in [0.05, 0.1) is 5.56 Å². The fourth-order valence-corrected chi connectivity index (χ4v) is 2.58. The molecule has 0 fully saturated rings. The summed E-state index contributed by atoms with van der Waals surface area (Å²) >= 11 is 1.60. The maximum absolute atomic E-state index is 12.1. The Morgan fingerprint density at radius 2 is 2.19 bits per heavy atom. The smallest absolute Gasteiger partial charge is 0.255 e. The average molecular weight is 234 g/mol. The van der Waals surface area contributed by atoms with Crippen molar-refractivity contribution in [3.8, 4) is 0 Å². The van der Waals surface area contributed by atoms with E-state index in [9.17, 15) is 4.79 Å². The molecule has 0 spiro atoms. The molecule has 0 aliphatic carbocycles. The fraction of sp³-hybridized carbons (Fsp3) is 0.250. The van der Waals surface area contributed by atoms with Gasteiger partial charge in [-0.25, -0.2) is 0 Å². The minimum absolute atomic E-state index is 0.0444. The summed E-state index contributed by atoms with van der Waals surface area (Å²) in [5, 5.41) is 2.95. The van der Waals surface area contributed by atoms with E-state index >= 15 is 0 Å². The SMILES string of the molecule is CN(CCN)C(=O)c1csc2ccccc12. The highest BCUT2D eigenvalue weighted by Gasteiger charge is 2.15. The average Bonchev–Trinajstić information content (AvgIpc) is 2.72. The monoisotopic (exact) mass is 234 g/mol. The number of thiophene rings is 1. The van der Waals surface area contributed by atoms with Gasteiger partial charge >= 0.3 is 0 Å². The first-order valence-corrected chi connectivity index (χ1v) is 6.03. The Morgan fingerprint density at radius 1 is 1.44 bits per heavy atom. The Kier molecular flexibility index (Phi) is 3.22. The summed E-state index contributed by atoms with van der Waals surface area (Å²) in [7, 11) is 1.78. The first-order valence-electron chi connectivity index (χ1n) is 5.16. The van der Waals surface area contributed by atoms with E-state index in [-0.39, 0.29) is 5.91 Å². The van der Waals surface area contributed by atoms with Crippen LogP contribution in [0.3, 0.4) is 0 Å². The van der Waals surface area contributed by atoms with Crippen LogP contribution in [0.15, 0.2) is 29.6 Å². The van der Waals surface area contributed by atoms with Crippen LogP contribution in [0.25, 0.3) is 10.1 Å². The van der Waals surface area contributed by atoms with Gasteiger partial charge in [0.15, 0.2) is 0 Å². The van der Waals surface area contributed by atoms with Gasteiger partial charge in [-0.2, -0.15) is 0 Å². The minimum Gasteiger partial charge on any atom is -0.340 e. The lowest BCUT2D eigenvalue weighted by molar-refractivity contribution is 0.0801. The van der Waals surface area contributed by atoms with Crippen molar-refractivity contribution in [1.82, 2.24) is 4.90 Å². The van der Waals surface area contributed by atoms with Crippen molar-refractivity contribution in [2.45, 2.75) is 0 Å². The van der Waals surface area contributed by atoms with Gasteiger partial charge in [0.2, 0.25) is 0 Å². The van der Waals surface area contributed by atoms with Crippen LogP contribution < -0.4 is 5.73 Å². The maximum Gasteiger partial charge on any atom is 0.255 e. The van der Waals surface area contributed by atoms with E-state index in [1.54, 1.807) is 23.3 Å². The van der Waals surface area contributed by atoms with Gasteiger partial charge in [0, 0.05) is 35.6 Å². The van der Waals surface area contributed by atoms with Gasteiger partial charge in [0.1, 0.15) is 0 Å². The zero-order valence-electron chi connectivity index (χ0n) is 9.14. The van der Waals surface area contributed by atoms with E-state index in [2.05, 4.69) is 0 Å². The molecule has 0 bridgehead atoms. The first-order chi connectivity index (χ1) is 7.74. The van der Waals surface area contributed by atoms with Gasteiger partial charge in [-0.1, -0.05) is 18.2 Å². The van der Waals surface area contributed by atoms with Crippen molar-refractivity contribution in [1.29, 1.82) is 0 Å². The molecule has 0 saturated heterocycles. The van der Waals surface area contributed by atoms with Crippen LogP contribution in [0.5, 0.6) is 0 Å². The normalized spacial score (nSPS) is 10.6. The van der Waals surface area contributed by atoms with Crippen LogP contribution in [0.2, 0.25) is 0 Å². The number of amides is 1. The second kappa shape index (κ2) is 4.63. The molecule has 0 saturated carbocycles. The highest BCUT2D eigenvalue weighted by atomic mass is 32.1. The third kappa shape index (κ3) is 1.94. The fourth-order valence-electron chi connectivity index (χ4n) is 1.64. The van der Waals surface area contributed by atoms with Crippen molar-refractivity contribution < 1.29 is 4.79 Å². The molecule has 0 unspecified atom stereocenters. The number of benzene rings is 1. The number of hydrogen-bond acceptors (Lipinski definition) is 3. The van der Waals surface area contributed by atoms with E-state index in [0.717, 1.165) is 15.6 Å². The summed E-state index contributed by atoms with van der Waals surface area (Å²) < 4.78 is 1.15. The topological polar surface area (TPSA) is 46.3 Å². The molecule has 84 valence electrons. The predicted octanol–water partition coefficient (Wildman–Crippen LogP) is 1.93. The molecule has 4 heteroatoms. The molecule has 0 atom stereocenters. The Hall–Kier alpha value is -1.39. The molecule has 1 aromatic heterocycles. The number of nitrogens with two attached hydrogens (primary N) is 1. The van der Waals surface area contributed by atoms with Crippen LogP contribution in [-0.4, -0.2) is 30.9 Å². The molecule has 0 aliphatic heterocycles. The number of nitrogens with zero attached hydrogens (tertiary/aromatic N) is 1. The van der Waals surface area contributed by atoms with Gasteiger partial charge in [-0.3, -0.25) is 4.79 Å². The van der Waals surface area contributed by atoms with Crippen LogP contribution >= 0.6 is 11.3 Å². The molecule has 2 N–H and O–H groups in total. The van der Waals surface area contributed by atoms with E-state index in [0.29, 0.717) is 13.1 Å². The van der Waals surface area contributed by atoms with E-state index in [4.69, 9.17) is 5.73 Å². The number of carbonyl (C=O) groups is 1. The summed E-state index contributed by atoms with van der Waals surface area (Å²) in [6.07, 6.45) is 0. The molecule has 1 heterocycles. The third-order valence-corrected chi connectivity index (χ3v) is 3.49. The van der Waals surface area contributed by atoms with Crippen LogP contribution in [0, 0.1) is 0 Å². The molecule has 3 nitrogen and oxygen atoms in total. The lowest BCUT2D eigenvalue weighted by Crippen LogP contribution is -2.31. The van der Waals surface area contributed by atoms with Crippen molar-refractivity contribution in [3.05, 3.63) is 35.2 Å². The Balaban J connectivity index is 2.36. The lowest BCUT2D eigenvalue weighted by atomic mass is 10.1. The van der Waals surface area contributed by atoms with Crippen molar-refractivity contribution in [3.63, 3.8) is 0 Å². The summed E-state index contributed by atoms with van der Waals surface area (Å²) in [5.41, 5.74) is 6.22. The minimum atomic E-state index is 0.0444. The van der Waals surface area contributed by atoms with Crippen molar-refractivity contribution in [2.24, 2.45) is 5.73 Å². The number of rotatable bonds is 3. The predicted molar refractivity (Wildman–Crippen MR) is 67.8 cm³/mol. The Morgan fingerprint density at radius 3 is 2.94 bits per heavy atom. The molecular formula is C12H14N2OS. The molecule has 16 heavy (non-hydrogen) atoms. The summed E-state index contributed by atoms with van der Waals surface area (Å²) in [5.74, 6) is 0.0444. The van der Waals surface area contributed by atoms with Crippen LogP contribution in [0.4, 0.5) is 0 Å². The molecule has 2 aromatic rings. The van der Waals surface area contributed by atoms with E-state index in [1.165, 1.54) is 0 Å². The van der Waals surface area contributed by atoms with E-state index < -0.39 is 0 Å². The second-order valence-electron chi connectivity index (χ2n) is 3.66. The van der Waals surface area contributed by atoms with Crippen LogP contribution in [0.1, 0.15) is 10.4 Å². The molecule has 1 amide bonds. The van der Waals surface area contributed by atoms with Gasteiger partial charge < -0.3 is 10.6 Å². The number of likely N-dealkylation sites (N-methyl/N-ethyl adjacent to an activating group) is 1. The highest BCUT2D eigenvalue weighted by Crippen LogP contribution is 2.26. The van der Waals surface area contributed by atoms with Gasteiger partial charge in [0.25, 0.3) is 5.91 Å². The maximum atomic E-state index is 12.1. The Bertz CT molecular complexity index is 506. The molecular weight excluding hydrogens is 220 g/mol. The summed E-state index contributed by atoms with van der Waals surface area (Å²) in [4.78, 5) is 13.7. The highest BCUT2D eigenvalue weighted by molar-refractivity contribution is 7.17. The number of hydrogen-bond donors (Lipinski definition) is 1. The first kappa shape index (κ1) is 11.1. The van der Waals surface area contributed by atoms with Gasteiger partial charge in [-0.15, -0.1) is 11.3 Å².